The van der Waals surface area contributed by atoms with Crippen LogP contribution in [-0.4, -0.2) is 22.0 Å². The lowest BCUT2D eigenvalue weighted by Crippen LogP contribution is -1.94. The average Bonchev–Trinajstić information content (AvgIpc) is 2.30. The summed E-state index contributed by atoms with van der Waals surface area (Å²) in [5.41, 5.74) is 1.68. The molecule has 0 aliphatic rings. The van der Waals surface area contributed by atoms with Gasteiger partial charge in [-0.1, -0.05) is 6.07 Å². The molecule has 0 aliphatic carbocycles. The van der Waals surface area contributed by atoms with Gasteiger partial charge >= 0.3 is 0 Å². The Morgan fingerprint density at radius 1 is 1.07 bits per heavy atom. The van der Waals surface area contributed by atoms with E-state index in [0.29, 0.717) is 5.82 Å². The second-order valence-corrected chi connectivity index (χ2v) is 2.76. The first-order valence-electron chi connectivity index (χ1n) is 4.31. The fourth-order valence-corrected chi connectivity index (χ4v) is 1.08. The Labute approximate surface area is 82.1 Å². The molecule has 4 heteroatoms. The molecular formula is C10H10N4. The van der Waals surface area contributed by atoms with E-state index in [2.05, 4.69) is 20.3 Å². The Hall–Kier alpha value is -1.97. The van der Waals surface area contributed by atoms with E-state index in [-0.39, 0.29) is 0 Å². The minimum absolute atomic E-state index is 0.643. The molecule has 0 aliphatic heterocycles. The van der Waals surface area contributed by atoms with Gasteiger partial charge in [0.2, 0.25) is 0 Å². The molecule has 0 unspecified atom stereocenters. The van der Waals surface area contributed by atoms with Crippen LogP contribution in [-0.2, 0) is 0 Å². The van der Waals surface area contributed by atoms with E-state index in [1.54, 1.807) is 18.6 Å². The third-order valence-corrected chi connectivity index (χ3v) is 1.83. The van der Waals surface area contributed by atoms with E-state index in [1.165, 1.54) is 0 Å². The van der Waals surface area contributed by atoms with Gasteiger partial charge in [0, 0.05) is 13.2 Å². The fraction of sp³-hybridized carbons (Fsp3) is 0.100. The summed E-state index contributed by atoms with van der Waals surface area (Å²) in [4.78, 5) is 12.5. The topological polar surface area (TPSA) is 50.7 Å². The van der Waals surface area contributed by atoms with Crippen LogP contribution in [0.4, 0.5) is 5.69 Å². The highest BCUT2D eigenvalue weighted by molar-refractivity contribution is 5.50. The predicted octanol–water partition coefficient (Wildman–Crippen LogP) is 1.58. The summed E-state index contributed by atoms with van der Waals surface area (Å²) in [5.74, 6) is 0.643. The molecule has 70 valence electrons. The van der Waals surface area contributed by atoms with Crippen molar-refractivity contribution in [2.45, 2.75) is 0 Å². The van der Waals surface area contributed by atoms with Crippen LogP contribution in [0.5, 0.6) is 0 Å². The summed E-state index contributed by atoms with van der Waals surface area (Å²) >= 11 is 0. The van der Waals surface area contributed by atoms with Crippen LogP contribution in [0.2, 0.25) is 0 Å². The van der Waals surface area contributed by atoms with Crippen LogP contribution >= 0.6 is 0 Å². The normalized spacial score (nSPS) is 9.79. The molecule has 1 N–H and O–H groups in total. The van der Waals surface area contributed by atoms with Gasteiger partial charge in [0.15, 0.2) is 5.82 Å². The largest absolute Gasteiger partial charge is 0.386 e. The maximum Gasteiger partial charge on any atom is 0.178 e. The molecule has 2 rings (SSSR count). The monoisotopic (exact) mass is 186 g/mol. The van der Waals surface area contributed by atoms with Crippen molar-refractivity contribution in [3.8, 4) is 11.5 Å². The molecule has 0 bridgehead atoms. The van der Waals surface area contributed by atoms with Crippen LogP contribution < -0.4 is 5.32 Å². The van der Waals surface area contributed by atoms with Gasteiger partial charge in [0.05, 0.1) is 18.1 Å². The number of nitrogens with one attached hydrogen (secondary N) is 1. The summed E-state index contributed by atoms with van der Waals surface area (Å²) < 4.78 is 0. The molecule has 14 heavy (non-hydrogen) atoms. The number of rotatable bonds is 2. The summed E-state index contributed by atoms with van der Waals surface area (Å²) in [6.07, 6.45) is 5.19. The molecular weight excluding hydrogens is 176 g/mol. The van der Waals surface area contributed by atoms with Crippen LogP contribution in [0.3, 0.4) is 0 Å². The van der Waals surface area contributed by atoms with Crippen molar-refractivity contribution < 1.29 is 0 Å². The highest BCUT2D eigenvalue weighted by Crippen LogP contribution is 2.11. The number of aromatic nitrogens is 3. The van der Waals surface area contributed by atoms with E-state index < -0.39 is 0 Å². The van der Waals surface area contributed by atoms with E-state index >= 15 is 0 Å². The van der Waals surface area contributed by atoms with Crippen molar-refractivity contribution in [2.75, 3.05) is 12.4 Å². The third-order valence-electron chi connectivity index (χ3n) is 1.83. The lowest BCUT2D eigenvalue weighted by molar-refractivity contribution is 1.14. The van der Waals surface area contributed by atoms with Crippen molar-refractivity contribution in [1.82, 2.24) is 15.0 Å². The molecule has 0 fully saturated rings. The van der Waals surface area contributed by atoms with Crippen molar-refractivity contribution in [3.05, 3.63) is 36.8 Å². The van der Waals surface area contributed by atoms with E-state index in [9.17, 15) is 0 Å². The van der Waals surface area contributed by atoms with Crippen molar-refractivity contribution in [2.24, 2.45) is 0 Å². The van der Waals surface area contributed by atoms with Crippen molar-refractivity contribution in [1.29, 1.82) is 0 Å². The average molecular weight is 186 g/mol. The third kappa shape index (κ3) is 1.69. The lowest BCUT2D eigenvalue weighted by atomic mass is 10.3. The highest BCUT2D eigenvalue weighted by Gasteiger charge is 2.00. The smallest absolute Gasteiger partial charge is 0.178 e. The molecule has 0 aromatic carbocycles. The number of hydrogen-bond donors (Lipinski definition) is 1. The zero-order chi connectivity index (χ0) is 9.80. The van der Waals surface area contributed by atoms with Crippen molar-refractivity contribution in [3.63, 3.8) is 0 Å². The molecule has 0 amide bonds. The first-order chi connectivity index (χ1) is 6.90. The quantitative estimate of drug-likeness (QED) is 0.773. The van der Waals surface area contributed by atoms with Crippen LogP contribution in [0, 0.1) is 0 Å². The van der Waals surface area contributed by atoms with Crippen molar-refractivity contribution >= 4 is 5.69 Å². The Kier molecular flexibility index (Phi) is 2.36. The lowest BCUT2D eigenvalue weighted by Gasteiger charge is -2.00. The first kappa shape index (κ1) is 8.62. The predicted molar refractivity (Wildman–Crippen MR) is 54.8 cm³/mol. The standard InChI is InChI=1S/C10H10N4/c1-11-8-6-13-10(14-7-8)9-4-2-3-5-12-9/h2-7,11H,1H3. The minimum atomic E-state index is 0.643. The molecule has 2 aromatic rings. The van der Waals surface area contributed by atoms with Gasteiger partial charge in [-0.2, -0.15) is 0 Å². The Morgan fingerprint density at radius 3 is 2.43 bits per heavy atom. The van der Waals surface area contributed by atoms with E-state index in [1.807, 2.05) is 25.2 Å². The van der Waals surface area contributed by atoms with Crippen LogP contribution in [0.1, 0.15) is 0 Å². The first-order valence-corrected chi connectivity index (χ1v) is 4.31. The number of hydrogen-bond acceptors (Lipinski definition) is 4. The summed E-state index contributed by atoms with van der Waals surface area (Å²) in [5, 5.41) is 2.96. The zero-order valence-corrected chi connectivity index (χ0v) is 7.81. The van der Waals surface area contributed by atoms with Gasteiger partial charge in [0.1, 0.15) is 5.69 Å². The molecule has 0 radical (unpaired) electrons. The molecule has 2 heterocycles. The number of nitrogens with zero attached hydrogens (tertiary/aromatic N) is 3. The Morgan fingerprint density at radius 2 is 1.86 bits per heavy atom. The highest BCUT2D eigenvalue weighted by atomic mass is 14.9. The summed E-state index contributed by atoms with van der Waals surface area (Å²) in [7, 11) is 1.83. The molecule has 4 nitrogen and oxygen atoms in total. The summed E-state index contributed by atoms with van der Waals surface area (Å²) in [6.45, 7) is 0. The van der Waals surface area contributed by atoms with E-state index in [0.717, 1.165) is 11.4 Å². The van der Waals surface area contributed by atoms with Gasteiger partial charge in [-0.05, 0) is 12.1 Å². The van der Waals surface area contributed by atoms with Gasteiger partial charge in [-0.3, -0.25) is 4.98 Å². The molecule has 2 aromatic heterocycles. The maximum atomic E-state index is 4.18. The second kappa shape index (κ2) is 3.83. The van der Waals surface area contributed by atoms with Gasteiger partial charge in [-0.15, -0.1) is 0 Å². The van der Waals surface area contributed by atoms with E-state index in [4.69, 9.17) is 0 Å². The van der Waals surface area contributed by atoms with Gasteiger partial charge < -0.3 is 5.32 Å². The maximum absolute atomic E-state index is 4.18. The zero-order valence-electron chi connectivity index (χ0n) is 7.81. The van der Waals surface area contributed by atoms with Gasteiger partial charge in [0.25, 0.3) is 0 Å². The second-order valence-electron chi connectivity index (χ2n) is 2.76. The molecule has 0 spiro atoms. The molecule has 0 saturated carbocycles. The Bertz CT molecular complexity index is 396. The fourth-order valence-electron chi connectivity index (χ4n) is 1.08. The SMILES string of the molecule is CNc1cnc(-c2ccccn2)nc1. The Balaban J connectivity index is 2.34. The number of pyridine rings is 1. The van der Waals surface area contributed by atoms with Crippen LogP contribution in [0.15, 0.2) is 36.8 Å². The van der Waals surface area contributed by atoms with Gasteiger partial charge in [-0.25, -0.2) is 9.97 Å². The summed E-state index contributed by atoms with van der Waals surface area (Å²) in [6, 6.07) is 5.66. The molecule has 0 saturated heterocycles. The van der Waals surface area contributed by atoms with Crippen LogP contribution in [0.25, 0.3) is 11.5 Å². The minimum Gasteiger partial charge on any atom is -0.386 e. The number of anilines is 1. The molecule has 0 atom stereocenters.